The number of hydrogen-bond acceptors (Lipinski definition) is 5. The van der Waals surface area contributed by atoms with E-state index in [2.05, 4.69) is 4.99 Å². The lowest BCUT2D eigenvalue weighted by atomic mass is 10.1. The van der Waals surface area contributed by atoms with Crippen LogP contribution >= 0.6 is 0 Å². The van der Waals surface area contributed by atoms with E-state index in [1.54, 1.807) is 7.11 Å². The van der Waals surface area contributed by atoms with E-state index in [9.17, 15) is 9.59 Å². The number of methoxy groups -OCH3 is 1. The van der Waals surface area contributed by atoms with Gasteiger partial charge >= 0.3 is 5.97 Å². The Bertz CT molecular complexity index is 257. The number of rotatable bonds is 8. The van der Waals surface area contributed by atoms with Crippen LogP contribution in [0.15, 0.2) is 4.99 Å². The predicted molar refractivity (Wildman–Crippen MR) is 58.9 cm³/mol. The summed E-state index contributed by atoms with van der Waals surface area (Å²) in [7, 11) is 1.62. The number of aliphatic imine (C=N–C) groups is 1. The molecule has 0 aromatic heterocycles. The van der Waals surface area contributed by atoms with Crippen molar-refractivity contribution >= 4 is 12.0 Å². The van der Waals surface area contributed by atoms with E-state index >= 15 is 0 Å². The summed E-state index contributed by atoms with van der Waals surface area (Å²) >= 11 is 0. The van der Waals surface area contributed by atoms with Gasteiger partial charge in [-0.3, -0.25) is 4.79 Å². The highest BCUT2D eigenvalue weighted by molar-refractivity contribution is 5.69. The molecule has 92 valence electrons. The number of nitrogens with zero attached hydrogens (tertiary/aromatic N) is 1. The minimum Gasteiger partial charge on any atom is -0.466 e. The Kier molecular flexibility index (Phi) is 7.42. The second-order valence-electron chi connectivity index (χ2n) is 4.01. The molecule has 0 bridgehead atoms. The summed E-state index contributed by atoms with van der Waals surface area (Å²) in [4.78, 5) is 24.3. The summed E-state index contributed by atoms with van der Waals surface area (Å²) in [6.45, 7) is 4.53. The molecule has 5 heteroatoms. The molecule has 0 rings (SSSR count). The quantitative estimate of drug-likeness (QED) is 0.273. The Labute approximate surface area is 95.8 Å². The monoisotopic (exact) mass is 229 g/mol. The van der Waals surface area contributed by atoms with Crippen molar-refractivity contribution in [2.45, 2.75) is 38.7 Å². The first-order valence-electron chi connectivity index (χ1n) is 5.26. The molecule has 0 saturated heterocycles. The van der Waals surface area contributed by atoms with Crippen LogP contribution < -0.4 is 0 Å². The molecule has 5 nitrogen and oxygen atoms in total. The third-order valence-electron chi connectivity index (χ3n) is 2.24. The lowest BCUT2D eigenvalue weighted by Gasteiger charge is -2.22. The van der Waals surface area contributed by atoms with Gasteiger partial charge in [-0.1, -0.05) is 0 Å². The fourth-order valence-corrected chi connectivity index (χ4v) is 0.933. The average Bonchev–Trinajstić information content (AvgIpc) is 2.24. The van der Waals surface area contributed by atoms with Gasteiger partial charge in [-0.25, -0.2) is 9.79 Å². The minimum atomic E-state index is -0.276. The molecule has 0 radical (unpaired) electrons. The molecule has 16 heavy (non-hydrogen) atoms. The van der Waals surface area contributed by atoms with Crippen LogP contribution in [-0.4, -0.2) is 37.9 Å². The molecule has 0 spiro atoms. The third kappa shape index (κ3) is 8.15. The number of hydrogen-bond donors (Lipinski definition) is 0. The molecule has 0 amide bonds. The van der Waals surface area contributed by atoms with Crippen molar-refractivity contribution in [1.82, 2.24) is 0 Å². The minimum absolute atomic E-state index is 0.270. The van der Waals surface area contributed by atoms with Crippen molar-refractivity contribution in [3.05, 3.63) is 0 Å². The molecule has 0 unspecified atom stereocenters. The lowest BCUT2D eigenvalue weighted by molar-refractivity contribution is -0.145. The van der Waals surface area contributed by atoms with Gasteiger partial charge in [-0.05, 0) is 20.3 Å². The van der Waals surface area contributed by atoms with E-state index in [4.69, 9.17) is 9.47 Å². The highest BCUT2D eigenvalue weighted by Crippen LogP contribution is 2.12. The summed E-state index contributed by atoms with van der Waals surface area (Å²) in [6, 6.07) is 0. The maximum atomic E-state index is 11.2. The largest absolute Gasteiger partial charge is 0.466 e. The van der Waals surface area contributed by atoms with Crippen molar-refractivity contribution < 1.29 is 19.1 Å². The van der Waals surface area contributed by atoms with Crippen LogP contribution in [0.1, 0.15) is 33.1 Å². The maximum Gasteiger partial charge on any atom is 0.305 e. The molecule has 0 fully saturated rings. The number of carbonyl (C=O) groups is 1. The number of carbonyl (C=O) groups excluding carboxylic acids is 2. The van der Waals surface area contributed by atoms with Gasteiger partial charge in [0.05, 0.1) is 18.8 Å². The van der Waals surface area contributed by atoms with Crippen LogP contribution in [-0.2, 0) is 19.1 Å². The highest BCUT2D eigenvalue weighted by Gasteiger charge is 2.16. The first-order chi connectivity index (χ1) is 7.52. The zero-order valence-electron chi connectivity index (χ0n) is 10.1. The van der Waals surface area contributed by atoms with Crippen LogP contribution in [0.2, 0.25) is 0 Å². The van der Waals surface area contributed by atoms with Gasteiger partial charge in [-0.2, -0.15) is 0 Å². The molecule has 0 aliphatic carbocycles. The van der Waals surface area contributed by atoms with Crippen LogP contribution in [0.25, 0.3) is 0 Å². The van der Waals surface area contributed by atoms with Crippen LogP contribution in [0.3, 0.4) is 0 Å². The molecule has 0 saturated carbocycles. The summed E-state index contributed by atoms with van der Waals surface area (Å²) < 4.78 is 10.2. The fraction of sp³-hybridized carbons (Fsp3) is 0.818. The van der Waals surface area contributed by atoms with Crippen molar-refractivity contribution in [1.29, 1.82) is 0 Å². The van der Waals surface area contributed by atoms with E-state index in [0.717, 1.165) is 0 Å². The van der Waals surface area contributed by atoms with Crippen LogP contribution in [0, 0.1) is 0 Å². The van der Waals surface area contributed by atoms with E-state index in [1.165, 1.54) is 6.08 Å². The molecule has 0 atom stereocenters. The highest BCUT2D eigenvalue weighted by atomic mass is 16.5. The molecule has 0 aromatic rings. The van der Waals surface area contributed by atoms with Crippen LogP contribution in [0.5, 0.6) is 0 Å². The van der Waals surface area contributed by atoms with Crippen molar-refractivity contribution in [3.63, 3.8) is 0 Å². The summed E-state index contributed by atoms with van der Waals surface area (Å²) in [5.41, 5.74) is -0.276. The smallest absolute Gasteiger partial charge is 0.305 e. The maximum absolute atomic E-state index is 11.2. The lowest BCUT2D eigenvalue weighted by Crippen LogP contribution is -2.25. The normalized spacial score (nSPS) is 10.7. The van der Waals surface area contributed by atoms with Crippen molar-refractivity contribution in [2.75, 3.05) is 20.3 Å². The molecule has 0 heterocycles. The number of ether oxygens (including phenoxy) is 2. The van der Waals surface area contributed by atoms with Gasteiger partial charge in [0.25, 0.3) is 0 Å². The Morgan fingerprint density at radius 2 is 2.12 bits per heavy atom. The number of esters is 1. The zero-order valence-corrected chi connectivity index (χ0v) is 10.1. The Morgan fingerprint density at radius 3 is 2.69 bits per heavy atom. The zero-order chi connectivity index (χ0) is 12.4. The Hall–Kier alpha value is -1.19. The molecular formula is C11H19NO4. The molecule has 0 aliphatic rings. The van der Waals surface area contributed by atoms with Gasteiger partial charge in [0, 0.05) is 20.0 Å². The van der Waals surface area contributed by atoms with Gasteiger partial charge in [0.1, 0.15) is 0 Å². The van der Waals surface area contributed by atoms with E-state index in [0.29, 0.717) is 26.0 Å². The first-order valence-corrected chi connectivity index (χ1v) is 5.26. The summed E-state index contributed by atoms with van der Waals surface area (Å²) in [6.07, 6.45) is 2.86. The van der Waals surface area contributed by atoms with E-state index in [1.807, 2.05) is 13.8 Å². The second-order valence-corrected chi connectivity index (χ2v) is 4.01. The third-order valence-corrected chi connectivity index (χ3v) is 2.24. The topological polar surface area (TPSA) is 65.0 Å². The van der Waals surface area contributed by atoms with Crippen molar-refractivity contribution in [2.24, 2.45) is 4.99 Å². The van der Waals surface area contributed by atoms with E-state index < -0.39 is 0 Å². The molecule has 0 aromatic carbocycles. The second kappa shape index (κ2) is 8.02. The van der Waals surface area contributed by atoms with Gasteiger partial charge in [0.2, 0.25) is 6.08 Å². The predicted octanol–water partition coefficient (Wildman–Crippen LogP) is 1.46. The molecular weight excluding hydrogens is 210 g/mol. The Morgan fingerprint density at radius 1 is 1.44 bits per heavy atom. The van der Waals surface area contributed by atoms with Gasteiger partial charge in [0.15, 0.2) is 0 Å². The summed E-state index contributed by atoms with van der Waals surface area (Å²) in [5.74, 6) is -0.270. The first kappa shape index (κ1) is 14.8. The van der Waals surface area contributed by atoms with Gasteiger partial charge < -0.3 is 9.47 Å². The summed E-state index contributed by atoms with van der Waals surface area (Å²) in [5, 5.41) is 0. The average molecular weight is 229 g/mol. The standard InChI is InChI=1S/C11H19NO4/c1-11(2,15-3)6-8-16-10(14)5-4-7-12-9-13/h4-8H2,1-3H3. The van der Waals surface area contributed by atoms with Gasteiger partial charge in [-0.15, -0.1) is 0 Å². The molecule has 0 aliphatic heterocycles. The number of isocyanates is 1. The Balaban J connectivity index is 3.54. The molecule has 0 N–H and O–H groups in total. The van der Waals surface area contributed by atoms with E-state index in [-0.39, 0.29) is 18.0 Å². The van der Waals surface area contributed by atoms with Crippen LogP contribution in [0.4, 0.5) is 0 Å². The fourth-order valence-electron chi connectivity index (χ4n) is 0.933. The van der Waals surface area contributed by atoms with Crippen molar-refractivity contribution in [3.8, 4) is 0 Å². The SMILES string of the molecule is COC(C)(C)CCOC(=O)CCCN=C=O.